The van der Waals surface area contributed by atoms with Crippen LogP contribution in [-0.4, -0.2) is 15.0 Å². The smallest absolute Gasteiger partial charge is 0.164 e. The average Bonchev–Trinajstić information content (AvgIpc) is 3.75. The van der Waals surface area contributed by atoms with E-state index in [1.807, 2.05) is 60.7 Å². The van der Waals surface area contributed by atoms with Gasteiger partial charge in [0.15, 0.2) is 17.5 Å². The number of nitrogens with zero attached hydrogens (tertiary/aromatic N) is 3. The quantitative estimate of drug-likeness (QED) is 0.179. The van der Waals surface area contributed by atoms with Crippen LogP contribution >= 0.6 is 0 Å². The average molecular weight is 700 g/mol. The molecule has 2 aliphatic rings. The Morgan fingerprint density at radius 1 is 0.255 bits per heavy atom. The van der Waals surface area contributed by atoms with Crippen molar-refractivity contribution < 1.29 is 0 Å². The lowest BCUT2D eigenvalue weighted by Crippen LogP contribution is -2.25. The number of hydrogen-bond donors (Lipinski definition) is 0. The van der Waals surface area contributed by atoms with Crippen LogP contribution in [0.15, 0.2) is 200 Å². The molecule has 0 fully saturated rings. The number of benzene rings is 8. The summed E-state index contributed by atoms with van der Waals surface area (Å²) in [5, 5.41) is 0. The van der Waals surface area contributed by atoms with Gasteiger partial charge in [0.25, 0.3) is 0 Å². The van der Waals surface area contributed by atoms with Gasteiger partial charge in [-0.2, -0.15) is 0 Å². The van der Waals surface area contributed by atoms with Crippen LogP contribution in [0, 0.1) is 0 Å². The lowest BCUT2D eigenvalue weighted by atomic mass is 9.70. The molecule has 1 spiro atoms. The van der Waals surface area contributed by atoms with Crippen molar-refractivity contribution in [2.75, 3.05) is 0 Å². The summed E-state index contributed by atoms with van der Waals surface area (Å²) in [6.07, 6.45) is 0. The molecule has 11 rings (SSSR count). The molecule has 9 aromatic rings. The maximum atomic E-state index is 4.98. The van der Waals surface area contributed by atoms with Gasteiger partial charge >= 0.3 is 0 Å². The van der Waals surface area contributed by atoms with Crippen LogP contribution in [0.4, 0.5) is 0 Å². The predicted molar refractivity (Wildman–Crippen MR) is 223 cm³/mol. The Hall–Kier alpha value is -7.23. The molecule has 3 heteroatoms. The summed E-state index contributed by atoms with van der Waals surface area (Å²) in [5.74, 6) is 1.96. The zero-order valence-corrected chi connectivity index (χ0v) is 29.9. The van der Waals surface area contributed by atoms with Gasteiger partial charge in [-0.05, 0) is 72.8 Å². The maximum Gasteiger partial charge on any atom is 0.164 e. The first-order valence-corrected chi connectivity index (χ1v) is 18.8. The predicted octanol–water partition coefficient (Wildman–Crippen LogP) is 12.6. The van der Waals surface area contributed by atoms with Gasteiger partial charge in [0.1, 0.15) is 0 Å². The normalized spacial score (nSPS) is 12.9. The Balaban J connectivity index is 1.00. The highest BCUT2D eigenvalue weighted by atomic mass is 15.0. The summed E-state index contributed by atoms with van der Waals surface area (Å²) >= 11 is 0. The summed E-state index contributed by atoms with van der Waals surface area (Å²) in [4.78, 5) is 14.8. The fourth-order valence-electron chi connectivity index (χ4n) is 9.00. The zero-order chi connectivity index (χ0) is 36.3. The van der Waals surface area contributed by atoms with E-state index in [1.54, 1.807) is 0 Å². The molecule has 0 radical (unpaired) electrons. The van der Waals surface area contributed by atoms with Gasteiger partial charge in [-0.15, -0.1) is 0 Å². The van der Waals surface area contributed by atoms with Gasteiger partial charge in [-0.3, -0.25) is 0 Å². The summed E-state index contributed by atoms with van der Waals surface area (Å²) in [7, 11) is 0. The van der Waals surface area contributed by atoms with Crippen molar-refractivity contribution in [3.05, 3.63) is 222 Å². The molecular weight excluding hydrogens is 667 g/mol. The molecule has 0 saturated heterocycles. The molecule has 2 aliphatic carbocycles. The Morgan fingerprint density at radius 3 is 1.25 bits per heavy atom. The summed E-state index contributed by atoms with van der Waals surface area (Å²) in [6.45, 7) is 0. The van der Waals surface area contributed by atoms with Crippen LogP contribution in [0.2, 0.25) is 0 Å². The topological polar surface area (TPSA) is 38.7 Å². The van der Waals surface area contributed by atoms with Crippen molar-refractivity contribution in [1.82, 2.24) is 15.0 Å². The minimum Gasteiger partial charge on any atom is -0.208 e. The highest BCUT2D eigenvalue weighted by Gasteiger charge is 2.51. The Kier molecular flexibility index (Phi) is 7.08. The summed E-state index contributed by atoms with van der Waals surface area (Å²) < 4.78 is 0. The second kappa shape index (κ2) is 12.4. The molecule has 8 aromatic carbocycles. The van der Waals surface area contributed by atoms with Crippen molar-refractivity contribution in [3.8, 4) is 78.7 Å². The lowest BCUT2D eigenvalue weighted by Gasteiger charge is -2.30. The lowest BCUT2D eigenvalue weighted by molar-refractivity contribution is 0.794. The molecule has 55 heavy (non-hydrogen) atoms. The first kappa shape index (κ1) is 31.3. The molecule has 0 unspecified atom stereocenters. The van der Waals surface area contributed by atoms with Crippen LogP contribution in [0.1, 0.15) is 22.3 Å². The van der Waals surface area contributed by atoms with Gasteiger partial charge in [0, 0.05) is 16.7 Å². The molecule has 1 heterocycles. The van der Waals surface area contributed by atoms with Crippen molar-refractivity contribution in [3.63, 3.8) is 0 Å². The van der Waals surface area contributed by atoms with E-state index >= 15 is 0 Å². The van der Waals surface area contributed by atoms with E-state index in [4.69, 9.17) is 15.0 Å². The fraction of sp³-hybridized carbons (Fsp3) is 0.0192. The molecule has 3 nitrogen and oxygen atoms in total. The Morgan fingerprint density at radius 2 is 0.655 bits per heavy atom. The standard InChI is InChI=1S/C52H33N3/c1-3-15-36(16-4-1)49-53-50(37-17-5-2-6-18-37)55-51(54-49)39-20-13-19-38(33-39)34-29-31-35(32-30-34)40-24-14-28-47-48(40)43-23-9-12-27-46(43)52(47)44-25-10-7-21-41(44)42-22-8-11-26-45(42)52/h1-33H. The second-order valence-electron chi connectivity index (χ2n) is 14.3. The minimum atomic E-state index is -0.356. The number of hydrogen-bond acceptors (Lipinski definition) is 3. The zero-order valence-electron chi connectivity index (χ0n) is 29.9. The Bertz CT molecular complexity index is 2810. The summed E-state index contributed by atoms with van der Waals surface area (Å²) in [6, 6.07) is 71.6. The number of rotatable bonds is 5. The van der Waals surface area contributed by atoms with Crippen molar-refractivity contribution in [2.24, 2.45) is 0 Å². The Labute approximate surface area is 320 Å². The minimum absolute atomic E-state index is 0.356. The van der Waals surface area contributed by atoms with Crippen LogP contribution in [0.5, 0.6) is 0 Å². The highest BCUT2D eigenvalue weighted by molar-refractivity contribution is 6.00. The third-order valence-corrected chi connectivity index (χ3v) is 11.4. The van der Waals surface area contributed by atoms with Crippen LogP contribution in [-0.2, 0) is 5.41 Å². The molecule has 1 aromatic heterocycles. The van der Waals surface area contributed by atoms with E-state index in [1.165, 1.54) is 55.6 Å². The highest BCUT2D eigenvalue weighted by Crippen LogP contribution is 2.63. The first-order valence-electron chi connectivity index (χ1n) is 18.8. The van der Waals surface area contributed by atoms with E-state index in [0.717, 1.165) is 27.8 Å². The molecule has 0 amide bonds. The molecule has 0 bridgehead atoms. The molecule has 0 aliphatic heterocycles. The van der Waals surface area contributed by atoms with E-state index < -0.39 is 0 Å². The molecule has 0 saturated carbocycles. The molecule has 0 atom stereocenters. The number of fused-ring (bicyclic) bond motifs is 10. The third-order valence-electron chi connectivity index (χ3n) is 11.4. The van der Waals surface area contributed by atoms with Crippen LogP contribution < -0.4 is 0 Å². The van der Waals surface area contributed by atoms with Gasteiger partial charge < -0.3 is 0 Å². The van der Waals surface area contributed by atoms with Gasteiger partial charge in [0.05, 0.1) is 5.41 Å². The van der Waals surface area contributed by atoms with Gasteiger partial charge in [-0.1, -0.05) is 194 Å². The second-order valence-corrected chi connectivity index (χ2v) is 14.3. The van der Waals surface area contributed by atoms with Crippen LogP contribution in [0.25, 0.3) is 78.7 Å². The van der Waals surface area contributed by atoms with E-state index in [9.17, 15) is 0 Å². The SMILES string of the molecule is c1ccc(-c2nc(-c3ccccc3)nc(-c3cccc(-c4ccc(-c5cccc6c5-c5ccccc5C65c6ccccc6-c6ccccc65)cc4)c3)n2)cc1. The first-order chi connectivity index (χ1) is 27.3. The van der Waals surface area contributed by atoms with E-state index in [-0.39, 0.29) is 5.41 Å². The largest absolute Gasteiger partial charge is 0.208 e. The van der Waals surface area contributed by atoms with Crippen molar-refractivity contribution >= 4 is 0 Å². The maximum absolute atomic E-state index is 4.98. The van der Waals surface area contributed by atoms with Crippen molar-refractivity contribution in [2.45, 2.75) is 5.41 Å². The van der Waals surface area contributed by atoms with Gasteiger partial charge in [0.2, 0.25) is 0 Å². The van der Waals surface area contributed by atoms with Crippen LogP contribution in [0.3, 0.4) is 0 Å². The fourth-order valence-corrected chi connectivity index (χ4v) is 9.00. The summed E-state index contributed by atoms with van der Waals surface area (Å²) in [5.41, 5.74) is 17.9. The third kappa shape index (κ3) is 4.80. The molecule has 256 valence electrons. The molecule has 0 N–H and O–H groups in total. The van der Waals surface area contributed by atoms with E-state index in [0.29, 0.717) is 17.5 Å². The van der Waals surface area contributed by atoms with Crippen molar-refractivity contribution in [1.29, 1.82) is 0 Å². The monoisotopic (exact) mass is 699 g/mol. The van der Waals surface area contributed by atoms with E-state index in [2.05, 4.69) is 140 Å². The number of aromatic nitrogens is 3. The van der Waals surface area contributed by atoms with Gasteiger partial charge in [-0.25, -0.2) is 15.0 Å². The molecular formula is C52H33N3.